The molecule has 21 heavy (non-hydrogen) atoms. The standard InChI is InChI=1S/C17H24ClNO.ClH/c1-12(2)15(20)16(19(3)4)17(10-5-11-17)13-6-8-14(18)9-7-13;/h6-9,12,16H,5,10-11H2,1-4H3;1H. The molecule has 1 saturated carbocycles. The molecule has 0 amide bonds. The Morgan fingerprint density at radius 2 is 1.71 bits per heavy atom. The summed E-state index contributed by atoms with van der Waals surface area (Å²) in [6.07, 6.45) is 3.35. The van der Waals surface area contributed by atoms with Crippen LogP contribution in [0.1, 0.15) is 38.7 Å². The van der Waals surface area contributed by atoms with Crippen LogP contribution in [-0.4, -0.2) is 30.8 Å². The molecular formula is C17H25Cl2NO. The summed E-state index contributed by atoms with van der Waals surface area (Å²) < 4.78 is 0. The number of benzene rings is 1. The Morgan fingerprint density at radius 1 is 1.19 bits per heavy atom. The molecule has 0 N–H and O–H groups in total. The molecule has 4 heteroatoms. The molecule has 1 atom stereocenters. The van der Waals surface area contributed by atoms with E-state index in [-0.39, 0.29) is 29.8 Å². The Balaban J connectivity index is 0.00000220. The van der Waals surface area contributed by atoms with Crippen LogP contribution >= 0.6 is 24.0 Å². The first-order valence-electron chi connectivity index (χ1n) is 7.34. The molecule has 0 bridgehead atoms. The number of hydrogen-bond acceptors (Lipinski definition) is 2. The number of halogens is 2. The number of rotatable bonds is 5. The van der Waals surface area contributed by atoms with Crippen molar-refractivity contribution < 1.29 is 4.79 Å². The van der Waals surface area contributed by atoms with E-state index in [1.165, 1.54) is 12.0 Å². The van der Waals surface area contributed by atoms with Crippen LogP contribution in [0.25, 0.3) is 0 Å². The van der Waals surface area contributed by atoms with Crippen molar-refractivity contribution in [1.82, 2.24) is 4.90 Å². The van der Waals surface area contributed by atoms with Crippen molar-refractivity contribution in [2.24, 2.45) is 5.92 Å². The number of carbonyl (C=O) groups excluding carboxylic acids is 1. The Morgan fingerprint density at radius 3 is 2.05 bits per heavy atom. The van der Waals surface area contributed by atoms with E-state index in [9.17, 15) is 4.79 Å². The average molecular weight is 330 g/mol. The monoisotopic (exact) mass is 329 g/mol. The lowest BCUT2D eigenvalue weighted by Gasteiger charge is -2.50. The summed E-state index contributed by atoms with van der Waals surface area (Å²) in [6.45, 7) is 3.99. The van der Waals surface area contributed by atoms with Crippen LogP contribution in [0.3, 0.4) is 0 Å². The quantitative estimate of drug-likeness (QED) is 0.800. The van der Waals surface area contributed by atoms with E-state index in [4.69, 9.17) is 11.6 Å². The van der Waals surface area contributed by atoms with Gasteiger partial charge < -0.3 is 0 Å². The zero-order valence-corrected chi connectivity index (χ0v) is 14.8. The predicted molar refractivity (Wildman–Crippen MR) is 91.5 cm³/mol. The molecule has 0 aromatic heterocycles. The van der Waals surface area contributed by atoms with E-state index in [0.717, 1.165) is 17.9 Å². The summed E-state index contributed by atoms with van der Waals surface area (Å²) in [5.74, 6) is 0.400. The van der Waals surface area contributed by atoms with Gasteiger partial charge in [-0.05, 0) is 44.6 Å². The molecule has 0 aliphatic heterocycles. The smallest absolute Gasteiger partial charge is 0.153 e. The van der Waals surface area contributed by atoms with Crippen LogP contribution < -0.4 is 0 Å². The highest BCUT2D eigenvalue weighted by atomic mass is 35.5. The number of Topliss-reactive ketones (excluding diaryl/α,β-unsaturated/α-hetero) is 1. The third-order valence-corrected chi connectivity index (χ3v) is 4.80. The highest BCUT2D eigenvalue weighted by Gasteiger charge is 2.49. The van der Waals surface area contributed by atoms with Crippen molar-refractivity contribution in [2.75, 3.05) is 14.1 Å². The fourth-order valence-electron chi connectivity index (χ4n) is 3.40. The Kier molecular flexibility index (Phi) is 6.27. The second kappa shape index (κ2) is 7.13. The van der Waals surface area contributed by atoms with Gasteiger partial charge in [-0.2, -0.15) is 0 Å². The molecule has 0 spiro atoms. The summed E-state index contributed by atoms with van der Waals surface area (Å²) >= 11 is 6.00. The summed E-state index contributed by atoms with van der Waals surface area (Å²) in [5.41, 5.74) is 1.22. The molecule has 1 aromatic carbocycles. The van der Waals surface area contributed by atoms with Crippen LogP contribution in [0.4, 0.5) is 0 Å². The van der Waals surface area contributed by atoms with Gasteiger partial charge in [0.05, 0.1) is 6.04 Å². The number of carbonyl (C=O) groups is 1. The minimum atomic E-state index is -0.0441. The SMILES string of the molecule is CC(C)C(=O)C(N(C)C)C1(c2ccc(Cl)cc2)CCC1.Cl. The molecule has 1 aromatic rings. The molecule has 2 nitrogen and oxygen atoms in total. The van der Waals surface area contributed by atoms with Gasteiger partial charge in [0, 0.05) is 16.4 Å². The first-order chi connectivity index (χ1) is 9.38. The van der Waals surface area contributed by atoms with Crippen LogP contribution in [0.5, 0.6) is 0 Å². The van der Waals surface area contributed by atoms with Crippen molar-refractivity contribution in [1.29, 1.82) is 0 Å². The molecule has 2 rings (SSSR count). The average Bonchev–Trinajstić information content (AvgIpc) is 2.33. The maximum atomic E-state index is 12.7. The van der Waals surface area contributed by atoms with Gasteiger partial charge in [0.15, 0.2) is 5.78 Å². The zero-order valence-electron chi connectivity index (χ0n) is 13.2. The first-order valence-corrected chi connectivity index (χ1v) is 7.72. The second-order valence-electron chi connectivity index (χ2n) is 6.44. The molecule has 0 saturated heterocycles. The lowest BCUT2D eigenvalue weighted by molar-refractivity contribution is -0.130. The second-order valence-corrected chi connectivity index (χ2v) is 6.88. The summed E-state index contributed by atoms with van der Waals surface area (Å²) in [5, 5.41) is 0.750. The van der Waals surface area contributed by atoms with E-state index in [2.05, 4.69) is 17.0 Å². The number of ketones is 1. The van der Waals surface area contributed by atoms with Crippen molar-refractivity contribution in [3.05, 3.63) is 34.9 Å². The van der Waals surface area contributed by atoms with E-state index in [0.29, 0.717) is 5.78 Å². The zero-order chi connectivity index (χ0) is 14.9. The molecule has 0 radical (unpaired) electrons. The Hall–Kier alpha value is -0.570. The van der Waals surface area contributed by atoms with Crippen LogP contribution in [-0.2, 0) is 10.2 Å². The van der Waals surface area contributed by atoms with Crippen molar-refractivity contribution in [3.63, 3.8) is 0 Å². The van der Waals surface area contributed by atoms with Gasteiger partial charge in [-0.1, -0.05) is 44.0 Å². The molecule has 0 heterocycles. The molecule has 1 fully saturated rings. The number of likely N-dealkylation sites (N-methyl/N-ethyl adjacent to an activating group) is 1. The summed E-state index contributed by atoms with van der Waals surface area (Å²) in [6, 6.07) is 8.00. The van der Waals surface area contributed by atoms with E-state index < -0.39 is 0 Å². The van der Waals surface area contributed by atoms with Gasteiger partial charge in [0.25, 0.3) is 0 Å². The number of hydrogen-bond donors (Lipinski definition) is 0. The van der Waals surface area contributed by atoms with Crippen molar-refractivity contribution in [2.45, 2.75) is 44.6 Å². The predicted octanol–water partition coefficient (Wildman–Crippen LogP) is 4.34. The maximum absolute atomic E-state index is 12.7. The maximum Gasteiger partial charge on any atom is 0.153 e. The van der Waals surface area contributed by atoms with E-state index >= 15 is 0 Å². The Bertz CT molecular complexity index is 478. The van der Waals surface area contributed by atoms with Crippen LogP contribution in [0, 0.1) is 5.92 Å². The van der Waals surface area contributed by atoms with Gasteiger partial charge in [0.2, 0.25) is 0 Å². The van der Waals surface area contributed by atoms with E-state index in [1.807, 2.05) is 40.1 Å². The highest BCUT2D eigenvalue weighted by Crippen LogP contribution is 2.48. The van der Waals surface area contributed by atoms with Gasteiger partial charge in [-0.25, -0.2) is 0 Å². The molecule has 1 aliphatic rings. The molecule has 1 aliphatic carbocycles. The fraction of sp³-hybridized carbons (Fsp3) is 0.588. The van der Waals surface area contributed by atoms with Gasteiger partial charge in [-0.3, -0.25) is 9.69 Å². The first kappa shape index (κ1) is 18.5. The summed E-state index contributed by atoms with van der Waals surface area (Å²) in [7, 11) is 4.03. The van der Waals surface area contributed by atoms with Gasteiger partial charge in [-0.15, -0.1) is 12.4 Å². The third-order valence-electron chi connectivity index (χ3n) is 4.54. The van der Waals surface area contributed by atoms with Crippen LogP contribution in [0.15, 0.2) is 24.3 Å². The number of nitrogens with zero attached hydrogens (tertiary/aromatic N) is 1. The van der Waals surface area contributed by atoms with Crippen LogP contribution in [0.2, 0.25) is 5.02 Å². The van der Waals surface area contributed by atoms with Gasteiger partial charge in [0.1, 0.15) is 0 Å². The minimum absolute atomic E-state index is 0. The van der Waals surface area contributed by atoms with Crippen molar-refractivity contribution >= 4 is 29.8 Å². The topological polar surface area (TPSA) is 20.3 Å². The lowest BCUT2D eigenvalue weighted by atomic mass is 9.58. The lowest BCUT2D eigenvalue weighted by Crippen LogP contribution is -2.57. The third kappa shape index (κ3) is 3.44. The Labute approximate surface area is 139 Å². The molecular weight excluding hydrogens is 305 g/mol. The largest absolute Gasteiger partial charge is 0.299 e. The van der Waals surface area contributed by atoms with Gasteiger partial charge >= 0.3 is 0 Å². The minimum Gasteiger partial charge on any atom is -0.299 e. The van der Waals surface area contributed by atoms with Crippen molar-refractivity contribution in [3.8, 4) is 0 Å². The molecule has 1 unspecified atom stereocenters. The van der Waals surface area contributed by atoms with E-state index in [1.54, 1.807) is 0 Å². The molecule has 118 valence electrons. The highest BCUT2D eigenvalue weighted by molar-refractivity contribution is 6.30. The summed E-state index contributed by atoms with van der Waals surface area (Å²) in [4.78, 5) is 14.8. The normalized spacial score (nSPS) is 18.0. The fourth-order valence-corrected chi connectivity index (χ4v) is 3.52.